The molecule has 202 valence electrons. The van der Waals surface area contributed by atoms with Crippen molar-refractivity contribution in [3.8, 4) is 16.9 Å². The first kappa shape index (κ1) is 25.1. The largest absolute Gasteiger partial charge is 0.493 e. The second-order valence-electron chi connectivity index (χ2n) is 10.9. The highest BCUT2D eigenvalue weighted by molar-refractivity contribution is 7.91. The Morgan fingerprint density at radius 1 is 1.05 bits per heavy atom. The molecule has 6 rings (SSSR count). The van der Waals surface area contributed by atoms with Crippen molar-refractivity contribution in [1.82, 2.24) is 29.0 Å². The molecule has 0 bridgehead atoms. The third kappa shape index (κ3) is 4.41. The average Bonchev–Trinajstić information content (AvgIpc) is 3.50. The van der Waals surface area contributed by atoms with Crippen LogP contribution in [0.2, 0.25) is 0 Å². The predicted molar refractivity (Wildman–Crippen MR) is 147 cm³/mol. The summed E-state index contributed by atoms with van der Waals surface area (Å²) < 4.78 is 32.9. The van der Waals surface area contributed by atoms with E-state index >= 15 is 0 Å². The number of aromatic amines is 1. The molecule has 0 radical (unpaired) electrons. The second kappa shape index (κ2) is 9.53. The van der Waals surface area contributed by atoms with Crippen molar-refractivity contribution < 1.29 is 13.2 Å². The van der Waals surface area contributed by atoms with Crippen LogP contribution in [0.5, 0.6) is 5.75 Å². The van der Waals surface area contributed by atoms with E-state index in [1.54, 1.807) is 11.6 Å². The Morgan fingerprint density at radius 3 is 2.45 bits per heavy atom. The number of benzene rings is 1. The van der Waals surface area contributed by atoms with E-state index in [-0.39, 0.29) is 29.2 Å². The molecule has 38 heavy (non-hydrogen) atoms. The molecular weight excluding hydrogens is 504 g/mol. The molecule has 1 saturated carbocycles. The molecule has 0 amide bonds. The van der Waals surface area contributed by atoms with E-state index in [4.69, 9.17) is 4.74 Å². The van der Waals surface area contributed by atoms with Gasteiger partial charge in [-0.1, -0.05) is 13.8 Å². The molecule has 1 aliphatic heterocycles. The number of ether oxygens (including phenoxy) is 1. The number of sulfone groups is 1. The van der Waals surface area contributed by atoms with Gasteiger partial charge in [0, 0.05) is 36.9 Å². The summed E-state index contributed by atoms with van der Waals surface area (Å²) in [6, 6.07) is 6.71. The van der Waals surface area contributed by atoms with Crippen LogP contribution >= 0.6 is 0 Å². The van der Waals surface area contributed by atoms with Gasteiger partial charge in [0.25, 0.3) is 0 Å². The van der Waals surface area contributed by atoms with Crippen LogP contribution in [0.25, 0.3) is 27.8 Å². The van der Waals surface area contributed by atoms with Crippen molar-refractivity contribution >= 4 is 26.5 Å². The van der Waals surface area contributed by atoms with E-state index in [9.17, 15) is 13.2 Å². The predicted octanol–water partition coefficient (Wildman–Crippen LogP) is 3.39. The van der Waals surface area contributed by atoms with Gasteiger partial charge in [0.15, 0.2) is 21.2 Å². The van der Waals surface area contributed by atoms with Gasteiger partial charge in [0.05, 0.1) is 29.6 Å². The first-order chi connectivity index (χ1) is 18.2. The van der Waals surface area contributed by atoms with E-state index in [0.29, 0.717) is 30.5 Å². The molecule has 1 N–H and O–H groups in total. The molecule has 4 heterocycles. The number of H-pyrrole nitrogens is 1. The van der Waals surface area contributed by atoms with Crippen LogP contribution in [-0.2, 0) is 9.84 Å². The molecule has 2 aliphatic rings. The number of hydrogen-bond donors (Lipinski definition) is 1. The molecule has 2 fully saturated rings. The minimum absolute atomic E-state index is 0.0799. The van der Waals surface area contributed by atoms with Gasteiger partial charge in [-0.3, -0.25) is 9.47 Å². The number of methoxy groups -OCH3 is 1. The summed E-state index contributed by atoms with van der Waals surface area (Å²) in [5, 5.41) is 4.31. The minimum atomic E-state index is -2.88. The maximum Gasteiger partial charge on any atom is 0.326 e. The topological polar surface area (TPSA) is 115 Å². The highest BCUT2D eigenvalue weighted by atomic mass is 32.2. The molecular formula is C27H34N6O4S. The molecule has 3 aromatic heterocycles. The van der Waals surface area contributed by atoms with Crippen molar-refractivity contribution in [3.63, 3.8) is 0 Å². The molecule has 1 saturated heterocycles. The zero-order valence-corrected chi connectivity index (χ0v) is 22.9. The van der Waals surface area contributed by atoms with Crippen LogP contribution in [0, 0.1) is 0 Å². The maximum absolute atomic E-state index is 13.3. The van der Waals surface area contributed by atoms with E-state index in [1.165, 1.54) is 6.33 Å². The number of hydrogen-bond acceptors (Lipinski definition) is 7. The van der Waals surface area contributed by atoms with Gasteiger partial charge in [-0.2, -0.15) is 5.10 Å². The number of fused-ring (bicyclic) bond motifs is 2. The fourth-order valence-electron chi connectivity index (χ4n) is 6.25. The van der Waals surface area contributed by atoms with Crippen molar-refractivity contribution in [3.05, 3.63) is 46.8 Å². The number of nitrogens with one attached hydrogen (secondary N) is 1. The van der Waals surface area contributed by atoms with Crippen molar-refractivity contribution in [2.45, 2.75) is 57.5 Å². The van der Waals surface area contributed by atoms with Crippen LogP contribution < -0.4 is 10.4 Å². The van der Waals surface area contributed by atoms with Gasteiger partial charge < -0.3 is 9.72 Å². The monoisotopic (exact) mass is 538 g/mol. The molecule has 0 atom stereocenters. The molecule has 1 aliphatic carbocycles. The van der Waals surface area contributed by atoms with Gasteiger partial charge in [-0.15, -0.1) is 0 Å². The third-order valence-electron chi connectivity index (χ3n) is 8.31. The fraction of sp³-hybridized carbons (Fsp3) is 0.519. The van der Waals surface area contributed by atoms with Gasteiger partial charge in [0.1, 0.15) is 6.33 Å². The zero-order valence-electron chi connectivity index (χ0n) is 22.1. The van der Waals surface area contributed by atoms with E-state index in [1.807, 2.05) is 16.8 Å². The average molecular weight is 539 g/mol. The van der Waals surface area contributed by atoms with Crippen molar-refractivity contribution in [1.29, 1.82) is 0 Å². The molecule has 0 unspecified atom stereocenters. The van der Waals surface area contributed by atoms with E-state index < -0.39 is 9.84 Å². The van der Waals surface area contributed by atoms with Gasteiger partial charge in [-0.05, 0) is 60.9 Å². The smallest absolute Gasteiger partial charge is 0.326 e. The van der Waals surface area contributed by atoms with Crippen LogP contribution in [0.3, 0.4) is 0 Å². The lowest BCUT2D eigenvalue weighted by atomic mass is 9.89. The first-order valence-electron chi connectivity index (χ1n) is 13.3. The molecule has 4 aromatic rings. The maximum atomic E-state index is 13.3. The number of pyridine rings is 1. The van der Waals surface area contributed by atoms with Gasteiger partial charge in [-0.25, -0.2) is 22.7 Å². The summed E-state index contributed by atoms with van der Waals surface area (Å²) >= 11 is 0. The minimum Gasteiger partial charge on any atom is -0.493 e. The van der Waals surface area contributed by atoms with Crippen molar-refractivity contribution in [2.24, 2.45) is 0 Å². The summed E-state index contributed by atoms with van der Waals surface area (Å²) in [5.74, 6) is 1.38. The number of rotatable bonds is 5. The Morgan fingerprint density at radius 2 is 1.76 bits per heavy atom. The highest BCUT2D eigenvalue weighted by Gasteiger charge is 2.32. The van der Waals surface area contributed by atoms with Crippen LogP contribution in [0.15, 0.2) is 35.5 Å². The number of nitrogens with zero attached hydrogens (tertiary/aromatic N) is 5. The highest BCUT2D eigenvalue weighted by Crippen LogP contribution is 2.37. The normalized spacial score (nSPS) is 22.4. The Hall–Kier alpha value is -3.18. The summed E-state index contributed by atoms with van der Waals surface area (Å²) in [7, 11) is -1.26. The summed E-state index contributed by atoms with van der Waals surface area (Å²) in [6.07, 6.45) is 7.19. The Balaban J connectivity index is 1.33. The molecule has 10 nitrogen and oxygen atoms in total. The SMILES string of the molecule is COc1cc(-c2cc3[nH]c(=O)n(C4CCC(N5CCS(=O)(=O)CC5)CC4)c3cc2C(C)C)cn2ncnc12. The van der Waals surface area contributed by atoms with E-state index in [2.05, 4.69) is 45.9 Å². The lowest BCUT2D eigenvalue weighted by Crippen LogP contribution is -2.47. The molecule has 0 spiro atoms. The summed E-state index contributed by atoms with van der Waals surface area (Å²) in [4.78, 5) is 23.0. The number of aromatic nitrogens is 5. The molecule has 1 aromatic carbocycles. The van der Waals surface area contributed by atoms with Crippen LogP contribution in [0.1, 0.15) is 57.1 Å². The van der Waals surface area contributed by atoms with Gasteiger partial charge >= 0.3 is 5.69 Å². The summed E-state index contributed by atoms with van der Waals surface area (Å²) in [6.45, 7) is 5.57. The Bertz CT molecular complexity index is 1650. The quantitative estimate of drug-likeness (QED) is 0.414. The number of imidazole rings is 1. The Labute approximate surface area is 221 Å². The zero-order chi connectivity index (χ0) is 26.6. The molecule has 11 heteroatoms. The third-order valence-corrected chi connectivity index (χ3v) is 9.92. The second-order valence-corrected chi connectivity index (χ2v) is 13.2. The first-order valence-corrected chi connectivity index (χ1v) is 15.2. The lowest BCUT2D eigenvalue weighted by molar-refractivity contribution is 0.148. The standard InChI is InChI=1S/C27H34N6O4S/c1-17(2)21-14-24-23(13-22(21)18-12-25(37-3)26-28-16-29-32(26)15-18)30-27(34)33(24)20-6-4-19(5-7-20)31-8-10-38(35,36)11-9-31/h12-17,19-20H,4-11H2,1-3H3,(H,30,34). The van der Waals surface area contributed by atoms with E-state index in [0.717, 1.165) is 53.4 Å². The fourth-order valence-corrected chi connectivity index (χ4v) is 7.47. The van der Waals surface area contributed by atoms with Crippen LogP contribution in [0.4, 0.5) is 0 Å². The van der Waals surface area contributed by atoms with Crippen molar-refractivity contribution in [2.75, 3.05) is 31.7 Å². The Kier molecular flexibility index (Phi) is 6.30. The van der Waals surface area contributed by atoms with Crippen LogP contribution in [-0.4, -0.2) is 75.2 Å². The lowest BCUT2D eigenvalue weighted by Gasteiger charge is -2.38. The van der Waals surface area contributed by atoms with Gasteiger partial charge in [0.2, 0.25) is 0 Å². The summed E-state index contributed by atoms with van der Waals surface area (Å²) in [5.41, 5.74) is 5.45.